The summed E-state index contributed by atoms with van der Waals surface area (Å²) in [5.74, 6) is -0.0562. The van der Waals surface area contributed by atoms with E-state index in [1.54, 1.807) is 6.42 Å². The number of benzene rings is 1. The first-order valence-corrected chi connectivity index (χ1v) is 4.68. The smallest absolute Gasteiger partial charge is 0.224 e. The number of rotatable bonds is 5. The molecule has 0 aliphatic rings. The standard InChI is InChI=1S/C11H15N2O/c12-8-9-13-11(14)7-6-10-4-2-1-3-5-10/h1-5,7H,6,8-9,12H2,(H,13,14). The molecule has 0 heterocycles. The fraction of sp³-hybridized carbons (Fsp3) is 0.273. The van der Waals surface area contributed by atoms with Crippen LogP contribution in [-0.2, 0) is 11.2 Å². The van der Waals surface area contributed by atoms with Crippen molar-refractivity contribution in [2.45, 2.75) is 6.42 Å². The molecule has 0 bridgehead atoms. The molecule has 14 heavy (non-hydrogen) atoms. The number of amides is 1. The average molecular weight is 191 g/mol. The fourth-order valence-corrected chi connectivity index (χ4v) is 1.09. The summed E-state index contributed by atoms with van der Waals surface area (Å²) in [4.78, 5) is 11.2. The predicted molar refractivity (Wildman–Crippen MR) is 56.5 cm³/mol. The summed E-state index contributed by atoms with van der Waals surface area (Å²) in [5.41, 5.74) is 6.39. The van der Waals surface area contributed by atoms with E-state index < -0.39 is 0 Å². The molecule has 0 aromatic heterocycles. The van der Waals surface area contributed by atoms with Gasteiger partial charge in [-0.3, -0.25) is 4.79 Å². The second-order valence-electron chi connectivity index (χ2n) is 2.97. The molecule has 1 rings (SSSR count). The van der Waals surface area contributed by atoms with Gasteiger partial charge in [-0.25, -0.2) is 0 Å². The Morgan fingerprint density at radius 1 is 1.36 bits per heavy atom. The first-order chi connectivity index (χ1) is 6.83. The van der Waals surface area contributed by atoms with Crippen molar-refractivity contribution in [3.8, 4) is 0 Å². The van der Waals surface area contributed by atoms with E-state index in [1.807, 2.05) is 30.3 Å². The highest BCUT2D eigenvalue weighted by Gasteiger charge is 2.00. The van der Waals surface area contributed by atoms with Crippen molar-refractivity contribution in [3.63, 3.8) is 0 Å². The summed E-state index contributed by atoms with van der Waals surface area (Å²) < 4.78 is 0. The van der Waals surface area contributed by atoms with Gasteiger partial charge in [0.05, 0.1) is 6.42 Å². The molecule has 0 aliphatic heterocycles. The first kappa shape index (κ1) is 10.7. The molecule has 0 unspecified atom stereocenters. The van der Waals surface area contributed by atoms with Crippen molar-refractivity contribution in [1.29, 1.82) is 0 Å². The third kappa shape index (κ3) is 4.05. The molecule has 3 heteroatoms. The third-order valence-corrected chi connectivity index (χ3v) is 1.81. The highest BCUT2D eigenvalue weighted by molar-refractivity contribution is 5.84. The Bertz CT molecular complexity index is 272. The molecular formula is C11H15N2O. The number of carbonyl (C=O) groups is 1. The van der Waals surface area contributed by atoms with Gasteiger partial charge in [-0.15, -0.1) is 0 Å². The lowest BCUT2D eigenvalue weighted by Crippen LogP contribution is -2.29. The van der Waals surface area contributed by atoms with Crippen LogP contribution in [0, 0.1) is 6.42 Å². The normalized spacial score (nSPS) is 9.79. The second kappa shape index (κ2) is 6.16. The van der Waals surface area contributed by atoms with Crippen molar-refractivity contribution < 1.29 is 4.79 Å². The van der Waals surface area contributed by atoms with Crippen molar-refractivity contribution >= 4 is 5.91 Å². The highest BCUT2D eigenvalue weighted by atomic mass is 16.1. The van der Waals surface area contributed by atoms with E-state index in [-0.39, 0.29) is 5.91 Å². The van der Waals surface area contributed by atoms with Crippen LogP contribution in [0.15, 0.2) is 30.3 Å². The van der Waals surface area contributed by atoms with Gasteiger partial charge in [0.25, 0.3) is 0 Å². The molecule has 0 spiro atoms. The SMILES string of the molecule is NCCNC(=O)[CH]Cc1ccccc1. The van der Waals surface area contributed by atoms with Crippen molar-refractivity contribution in [1.82, 2.24) is 5.32 Å². The van der Waals surface area contributed by atoms with Gasteiger partial charge in [-0.1, -0.05) is 30.3 Å². The predicted octanol–water partition coefficient (Wildman–Crippen LogP) is 0.508. The van der Waals surface area contributed by atoms with Crippen LogP contribution in [0.25, 0.3) is 0 Å². The molecule has 0 fully saturated rings. The Labute approximate surface area is 84.3 Å². The van der Waals surface area contributed by atoms with Crippen molar-refractivity contribution in [2.24, 2.45) is 5.73 Å². The number of carbonyl (C=O) groups excluding carboxylic acids is 1. The van der Waals surface area contributed by atoms with Gasteiger partial charge in [0.1, 0.15) is 0 Å². The molecule has 1 aromatic carbocycles. The average Bonchev–Trinajstić information content (AvgIpc) is 2.25. The van der Waals surface area contributed by atoms with Gasteiger partial charge in [0.2, 0.25) is 5.91 Å². The van der Waals surface area contributed by atoms with Crippen LogP contribution in [0.4, 0.5) is 0 Å². The van der Waals surface area contributed by atoms with E-state index in [2.05, 4.69) is 5.32 Å². The monoisotopic (exact) mass is 191 g/mol. The van der Waals surface area contributed by atoms with Gasteiger partial charge in [-0.05, 0) is 12.0 Å². The minimum Gasteiger partial charge on any atom is -0.355 e. The van der Waals surface area contributed by atoms with E-state index >= 15 is 0 Å². The van der Waals surface area contributed by atoms with Crippen LogP contribution in [0.3, 0.4) is 0 Å². The fourth-order valence-electron chi connectivity index (χ4n) is 1.09. The number of hydrogen-bond acceptors (Lipinski definition) is 2. The summed E-state index contributed by atoms with van der Waals surface area (Å²) in [5, 5.41) is 2.68. The minimum atomic E-state index is -0.0562. The zero-order valence-electron chi connectivity index (χ0n) is 8.07. The molecule has 0 atom stereocenters. The number of nitrogens with one attached hydrogen (secondary N) is 1. The largest absolute Gasteiger partial charge is 0.355 e. The molecule has 1 aromatic rings. The van der Waals surface area contributed by atoms with Crippen LogP contribution >= 0.6 is 0 Å². The van der Waals surface area contributed by atoms with Crippen LogP contribution in [0.1, 0.15) is 5.56 Å². The summed E-state index contributed by atoms with van der Waals surface area (Å²) in [7, 11) is 0. The van der Waals surface area contributed by atoms with Gasteiger partial charge in [-0.2, -0.15) is 0 Å². The second-order valence-corrected chi connectivity index (χ2v) is 2.97. The van der Waals surface area contributed by atoms with Gasteiger partial charge in [0.15, 0.2) is 0 Å². The van der Waals surface area contributed by atoms with Crippen LogP contribution in [0.2, 0.25) is 0 Å². The van der Waals surface area contributed by atoms with E-state index in [1.165, 1.54) is 0 Å². The Morgan fingerprint density at radius 2 is 2.07 bits per heavy atom. The highest BCUT2D eigenvalue weighted by Crippen LogP contribution is 2.00. The molecule has 1 amide bonds. The third-order valence-electron chi connectivity index (χ3n) is 1.81. The van der Waals surface area contributed by atoms with E-state index in [9.17, 15) is 4.79 Å². The summed E-state index contributed by atoms with van der Waals surface area (Å²) in [6, 6.07) is 9.86. The maximum atomic E-state index is 11.2. The van der Waals surface area contributed by atoms with Crippen molar-refractivity contribution in [2.75, 3.05) is 13.1 Å². The van der Waals surface area contributed by atoms with Crippen LogP contribution < -0.4 is 11.1 Å². The maximum absolute atomic E-state index is 11.2. The van der Waals surface area contributed by atoms with E-state index in [4.69, 9.17) is 5.73 Å². The lowest BCUT2D eigenvalue weighted by molar-refractivity contribution is -0.117. The molecule has 75 valence electrons. The molecule has 1 radical (unpaired) electrons. The molecule has 3 nitrogen and oxygen atoms in total. The summed E-state index contributed by atoms with van der Waals surface area (Å²) >= 11 is 0. The topological polar surface area (TPSA) is 55.1 Å². The van der Waals surface area contributed by atoms with Crippen LogP contribution in [0.5, 0.6) is 0 Å². The number of nitrogens with two attached hydrogens (primary N) is 1. The lowest BCUT2D eigenvalue weighted by atomic mass is 10.1. The summed E-state index contributed by atoms with van der Waals surface area (Å²) in [6.07, 6.45) is 2.29. The quantitative estimate of drug-likeness (QED) is 0.712. The molecule has 3 N–H and O–H groups in total. The maximum Gasteiger partial charge on any atom is 0.224 e. The Balaban J connectivity index is 2.24. The van der Waals surface area contributed by atoms with Gasteiger partial charge < -0.3 is 11.1 Å². The number of hydrogen-bond donors (Lipinski definition) is 2. The van der Waals surface area contributed by atoms with Gasteiger partial charge in [0, 0.05) is 13.1 Å². The van der Waals surface area contributed by atoms with E-state index in [0.717, 1.165) is 5.56 Å². The molecule has 0 aliphatic carbocycles. The van der Waals surface area contributed by atoms with Crippen LogP contribution in [-0.4, -0.2) is 19.0 Å². The van der Waals surface area contributed by atoms with Gasteiger partial charge >= 0.3 is 0 Å². The Hall–Kier alpha value is -1.35. The zero-order valence-corrected chi connectivity index (χ0v) is 8.07. The molecule has 0 saturated carbocycles. The Kier molecular flexibility index (Phi) is 4.72. The zero-order chi connectivity index (χ0) is 10.2. The molecule has 0 saturated heterocycles. The Morgan fingerprint density at radius 3 is 2.71 bits per heavy atom. The lowest BCUT2D eigenvalue weighted by Gasteiger charge is -2.02. The summed E-state index contributed by atoms with van der Waals surface area (Å²) in [6.45, 7) is 1.01. The van der Waals surface area contributed by atoms with Crippen molar-refractivity contribution in [3.05, 3.63) is 42.3 Å². The van der Waals surface area contributed by atoms with E-state index in [0.29, 0.717) is 19.5 Å². The molecular weight excluding hydrogens is 176 g/mol. The minimum absolute atomic E-state index is 0.0562. The first-order valence-electron chi connectivity index (χ1n) is 4.68.